The molecular formula is C11H10N2O5. The zero-order chi connectivity index (χ0) is 13.1. The van der Waals surface area contributed by atoms with E-state index in [4.69, 9.17) is 14.3 Å². The minimum atomic E-state index is -1.17. The number of nitrogens with zero attached hydrogens (tertiary/aromatic N) is 2. The van der Waals surface area contributed by atoms with Crippen molar-refractivity contribution >= 4 is 11.9 Å². The fourth-order valence-electron chi connectivity index (χ4n) is 1.33. The highest BCUT2D eigenvalue weighted by Gasteiger charge is 2.14. The number of carbonyl (C=O) groups is 2. The molecule has 2 aromatic rings. The van der Waals surface area contributed by atoms with Crippen molar-refractivity contribution < 1.29 is 23.8 Å². The molecule has 1 N–H and O–H groups in total. The van der Waals surface area contributed by atoms with Gasteiger partial charge in [-0.3, -0.25) is 0 Å². The molecule has 0 spiro atoms. The Kier molecular flexibility index (Phi) is 3.13. The summed E-state index contributed by atoms with van der Waals surface area (Å²) in [6.07, 6.45) is 2.73. The average molecular weight is 250 g/mol. The molecule has 7 nitrogen and oxygen atoms in total. The van der Waals surface area contributed by atoms with Gasteiger partial charge in [0.05, 0.1) is 18.4 Å². The molecule has 0 aromatic carbocycles. The van der Waals surface area contributed by atoms with Gasteiger partial charge in [-0.1, -0.05) is 0 Å². The third kappa shape index (κ3) is 2.24. The van der Waals surface area contributed by atoms with E-state index in [2.05, 4.69) is 5.10 Å². The van der Waals surface area contributed by atoms with E-state index in [0.717, 1.165) is 0 Å². The zero-order valence-electron chi connectivity index (χ0n) is 9.49. The molecule has 94 valence electrons. The van der Waals surface area contributed by atoms with Crippen LogP contribution in [-0.4, -0.2) is 33.4 Å². The van der Waals surface area contributed by atoms with Crippen LogP contribution >= 0.6 is 0 Å². The van der Waals surface area contributed by atoms with Crippen molar-refractivity contribution in [3.05, 3.63) is 35.9 Å². The summed E-state index contributed by atoms with van der Waals surface area (Å²) in [5.41, 5.74) is 0.269. The van der Waals surface area contributed by atoms with Gasteiger partial charge in [0.15, 0.2) is 0 Å². The van der Waals surface area contributed by atoms with E-state index in [-0.39, 0.29) is 23.8 Å². The maximum Gasteiger partial charge on any atom is 0.371 e. The summed E-state index contributed by atoms with van der Waals surface area (Å²) in [5, 5.41) is 12.6. The van der Waals surface area contributed by atoms with Crippen molar-refractivity contribution in [2.75, 3.05) is 6.61 Å². The second-order valence-electron chi connectivity index (χ2n) is 3.34. The highest BCUT2D eigenvalue weighted by molar-refractivity contribution is 5.88. The van der Waals surface area contributed by atoms with Gasteiger partial charge in [0.25, 0.3) is 0 Å². The number of rotatable bonds is 4. The van der Waals surface area contributed by atoms with Gasteiger partial charge in [0.2, 0.25) is 11.6 Å². The molecule has 2 rings (SSSR count). The molecule has 0 amide bonds. The number of hydrogen-bond acceptors (Lipinski definition) is 5. The standard InChI is InChI=1S/C11H10N2O5/c1-2-17-11(16)7-5-12-13(6-7)9-4-3-8(18-9)10(14)15/h3-6H,2H2,1H3,(H,14,15). The molecule has 0 radical (unpaired) electrons. The Balaban J connectivity index is 2.23. The lowest BCUT2D eigenvalue weighted by Gasteiger charge is -1.96. The van der Waals surface area contributed by atoms with E-state index in [1.165, 1.54) is 29.2 Å². The lowest BCUT2D eigenvalue weighted by molar-refractivity contribution is 0.0525. The fraction of sp³-hybridized carbons (Fsp3) is 0.182. The first kappa shape index (κ1) is 11.9. The number of esters is 1. The van der Waals surface area contributed by atoms with Gasteiger partial charge in [-0.05, 0) is 13.0 Å². The number of carboxylic acids is 1. The van der Waals surface area contributed by atoms with Crippen molar-refractivity contribution in [3.63, 3.8) is 0 Å². The summed E-state index contributed by atoms with van der Waals surface area (Å²) in [5.74, 6) is -1.64. The third-order valence-corrected chi connectivity index (χ3v) is 2.12. The number of furan rings is 1. The van der Waals surface area contributed by atoms with Crippen LogP contribution in [0.5, 0.6) is 0 Å². The number of carboxylic acid groups (broad SMARTS) is 1. The Morgan fingerprint density at radius 3 is 2.89 bits per heavy atom. The Morgan fingerprint density at radius 2 is 2.28 bits per heavy atom. The van der Waals surface area contributed by atoms with Crippen LogP contribution in [0.3, 0.4) is 0 Å². The summed E-state index contributed by atoms with van der Waals surface area (Å²) in [4.78, 5) is 22.0. The first-order valence-corrected chi connectivity index (χ1v) is 5.17. The molecule has 0 aliphatic heterocycles. The first-order chi connectivity index (χ1) is 8.61. The van der Waals surface area contributed by atoms with Crippen molar-refractivity contribution in [2.45, 2.75) is 6.92 Å². The topological polar surface area (TPSA) is 94.6 Å². The third-order valence-electron chi connectivity index (χ3n) is 2.12. The molecule has 0 bridgehead atoms. The predicted octanol–water partition coefficient (Wildman–Crippen LogP) is 1.34. The largest absolute Gasteiger partial charge is 0.475 e. The van der Waals surface area contributed by atoms with Gasteiger partial charge < -0.3 is 14.3 Å². The van der Waals surface area contributed by atoms with Gasteiger partial charge in [-0.15, -0.1) is 0 Å². The highest BCUT2D eigenvalue weighted by atomic mass is 16.5. The van der Waals surface area contributed by atoms with E-state index in [0.29, 0.717) is 0 Å². The number of hydrogen-bond donors (Lipinski definition) is 1. The molecule has 0 unspecified atom stereocenters. The van der Waals surface area contributed by atoms with E-state index in [9.17, 15) is 9.59 Å². The van der Waals surface area contributed by atoms with Crippen LogP contribution in [0.15, 0.2) is 28.9 Å². The molecular weight excluding hydrogens is 240 g/mol. The molecule has 0 saturated heterocycles. The molecule has 2 aromatic heterocycles. The molecule has 0 atom stereocenters. The quantitative estimate of drug-likeness (QED) is 0.823. The van der Waals surface area contributed by atoms with Crippen LogP contribution in [0.4, 0.5) is 0 Å². The average Bonchev–Trinajstić information content (AvgIpc) is 2.98. The van der Waals surface area contributed by atoms with Crippen LogP contribution < -0.4 is 0 Å². The minimum absolute atomic E-state index is 0.196. The molecule has 0 aliphatic rings. The first-order valence-electron chi connectivity index (χ1n) is 5.17. The monoisotopic (exact) mass is 250 g/mol. The van der Waals surface area contributed by atoms with Crippen LogP contribution in [0.1, 0.15) is 27.8 Å². The SMILES string of the molecule is CCOC(=O)c1cnn(-c2ccc(C(=O)O)o2)c1. The maximum atomic E-state index is 11.4. The van der Waals surface area contributed by atoms with E-state index < -0.39 is 11.9 Å². The van der Waals surface area contributed by atoms with Crippen molar-refractivity contribution in [1.82, 2.24) is 9.78 Å². The summed E-state index contributed by atoms with van der Waals surface area (Å²) in [6.45, 7) is 1.97. The lowest BCUT2D eigenvalue weighted by atomic mass is 10.4. The number of ether oxygens (including phenoxy) is 1. The van der Waals surface area contributed by atoms with Gasteiger partial charge in [0.1, 0.15) is 0 Å². The number of aromatic carboxylic acids is 1. The molecule has 18 heavy (non-hydrogen) atoms. The van der Waals surface area contributed by atoms with E-state index in [1.807, 2.05) is 0 Å². The molecule has 7 heteroatoms. The summed E-state index contributed by atoms with van der Waals surface area (Å²) in [7, 11) is 0. The Labute approximate surface area is 102 Å². The predicted molar refractivity (Wildman–Crippen MR) is 58.7 cm³/mol. The summed E-state index contributed by atoms with van der Waals surface area (Å²) in [6, 6.07) is 2.76. The number of aromatic nitrogens is 2. The Bertz CT molecular complexity index is 584. The Hall–Kier alpha value is -2.57. The minimum Gasteiger partial charge on any atom is -0.475 e. The smallest absolute Gasteiger partial charge is 0.371 e. The van der Waals surface area contributed by atoms with Gasteiger partial charge in [0, 0.05) is 12.3 Å². The van der Waals surface area contributed by atoms with Crippen LogP contribution in [-0.2, 0) is 4.74 Å². The van der Waals surface area contributed by atoms with E-state index >= 15 is 0 Å². The normalized spacial score (nSPS) is 10.3. The highest BCUT2D eigenvalue weighted by Crippen LogP contribution is 2.13. The van der Waals surface area contributed by atoms with Crippen molar-refractivity contribution in [3.8, 4) is 5.88 Å². The fourth-order valence-corrected chi connectivity index (χ4v) is 1.33. The van der Waals surface area contributed by atoms with Crippen LogP contribution in [0.25, 0.3) is 5.88 Å². The van der Waals surface area contributed by atoms with Crippen LogP contribution in [0, 0.1) is 0 Å². The van der Waals surface area contributed by atoms with Gasteiger partial charge in [-0.25, -0.2) is 14.3 Å². The van der Waals surface area contributed by atoms with Crippen LogP contribution in [0.2, 0.25) is 0 Å². The van der Waals surface area contributed by atoms with E-state index in [1.54, 1.807) is 6.92 Å². The lowest BCUT2D eigenvalue weighted by Crippen LogP contribution is -2.03. The maximum absolute atomic E-state index is 11.4. The van der Waals surface area contributed by atoms with Gasteiger partial charge in [-0.2, -0.15) is 5.10 Å². The second kappa shape index (κ2) is 4.74. The summed E-state index contributed by atoms with van der Waals surface area (Å²) >= 11 is 0. The molecule has 0 saturated carbocycles. The molecule has 0 aliphatic carbocycles. The van der Waals surface area contributed by atoms with Gasteiger partial charge >= 0.3 is 11.9 Å². The molecule has 2 heterocycles. The summed E-state index contributed by atoms with van der Waals surface area (Å²) < 4.78 is 11.1. The second-order valence-corrected chi connectivity index (χ2v) is 3.34. The Morgan fingerprint density at radius 1 is 1.50 bits per heavy atom. The number of carbonyl (C=O) groups excluding carboxylic acids is 1. The molecule has 0 fully saturated rings. The van der Waals surface area contributed by atoms with Crippen molar-refractivity contribution in [1.29, 1.82) is 0 Å². The zero-order valence-corrected chi connectivity index (χ0v) is 9.49. The van der Waals surface area contributed by atoms with Crippen molar-refractivity contribution in [2.24, 2.45) is 0 Å².